The molecule has 0 saturated carbocycles. The summed E-state index contributed by atoms with van der Waals surface area (Å²) in [4.78, 5) is 4.30. The average molecular weight is 317 g/mol. The van der Waals surface area contributed by atoms with Gasteiger partial charge in [0.15, 0.2) is 0 Å². The molecule has 0 aliphatic carbocycles. The minimum absolute atomic E-state index is 0.000341. The molecule has 0 spiro atoms. The summed E-state index contributed by atoms with van der Waals surface area (Å²) in [7, 11) is 0. The van der Waals surface area contributed by atoms with E-state index in [0.717, 1.165) is 5.69 Å². The highest BCUT2D eigenvalue weighted by Crippen LogP contribution is 2.23. The maximum absolute atomic E-state index is 5.89. The van der Waals surface area contributed by atoms with Crippen LogP contribution < -0.4 is 15.8 Å². The van der Waals surface area contributed by atoms with Crippen LogP contribution in [-0.4, -0.2) is 29.9 Å². The number of hydrogen-bond acceptors (Lipinski definition) is 5. The zero-order valence-electron chi connectivity index (χ0n) is 12.8. The predicted octanol–water partition coefficient (Wildman–Crippen LogP) is 2.93. The van der Waals surface area contributed by atoms with Crippen molar-refractivity contribution >= 4 is 18.3 Å². The fourth-order valence-corrected chi connectivity index (χ4v) is 2.16. The Balaban J connectivity index is 1.95. The van der Waals surface area contributed by atoms with Crippen molar-refractivity contribution in [3.8, 4) is 5.88 Å². The summed E-state index contributed by atoms with van der Waals surface area (Å²) in [5.41, 5.74) is 7.98. The van der Waals surface area contributed by atoms with Gasteiger partial charge in [-0.15, -0.1) is 0 Å². The van der Waals surface area contributed by atoms with E-state index in [4.69, 9.17) is 10.5 Å². The maximum Gasteiger partial charge on any atom is 0.237 e. The van der Waals surface area contributed by atoms with Crippen LogP contribution in [0.2, 0.25) is 0 Å². The van der Waals surface area contributed by atoms with Crippen molar-refractivity contribution < 1.29 is 4.74 Å². The van der Waals surface area contributed by atoms with Crippen LogP contribution in [0.3, 0.4) is 0 Å². The third-order valence-corrected chi connectivity index (χ3v) is 3.87. The smallest absolute Gasteiger partial charge is 0.237 e. The van der Waals surface area contributed by atoms with Crippen LogP contribution in [0.4, 0.5) is 5.69 Å². The summed E-state index contributed by atoms with van der Waals surface area (Å²) >= 11 is 4.18. The standard InChI is InChI=1S/C17H23N3OS/c1-13(14-6-3-2-4-7-14)11-21-17-16(8-5-9-19-17)20-10-15(18)12-22/h2-9,13,15,20,22H,10-12,18H2,1H3. The topological polar surface area (TPSA) is 60.2 Å². The monoisotopic (exact) mass is 317 g/mol. The van der Waals surface area contributed by atoms with Crippen LogP contribution in [-0.2, 0) is 0 Å². The zero-order valence-corrected chi connectivity index (χ0v) is 13.7. The third-order valence-electron chi connectivity index (χ3n) is 3.40. The van der Waals surface area contributed by atoms with Crippen molar-refractivity contribution in [2.24, 2.45) is 5.73 Å². The Hall–Kier alpha value is -1.72. The van der Waals surface area contributed by atoms with Gasteiger partial charge in [-0.05, 0) is 17.7 Å². The molecule has 0 aliphatic rings. The second-order valence-corrected chi connectivity index (χ2v) is 5.67. The van der Waals surface area contributed by atoms with Crippen molar-refractivity contribution in [1.82, 2.24) is 4.98 Å². The lowest BCUT2D eigenvalue weighted by molar-refractivity contribution is 0.286. The van der Waals surface area contributed by atoms with E-state index < -0.39 is 0 Å². The molecule has 2 unspecified atom stereocenters. The lowest BCUT2D eigenvalue weighted by Crippen LogP contribution is -2.30. The maximum atomic E-state index is 5.89. The van der Waals surface area contributed by atoms with Gasteiger partial charge < -0.3 is 15.8 Å². The molecule has 4 nitrogen and oxygen atoms in total. The lowest BCUT2D eigenvalue weighted by Gasteiger charge is -2.17. The second kappa shape index (κ2) is 8.66. The van der Waals surface area contributed by atoms with Gasteiger partial charge in [-0.2, -0.15) is 12.6 Å². The summed E-state index contributed by atoms with van der Waals surface area (Å²) in [6, 6.07) is 14.1. The van der Waals surface area contributed by atoms with Crippen LogP contribution in [0.25, 0.3) is 0 Å². The van der Waals surface area contributed by atoms with Crippen LogP contribution in [0.5, 0.6) is 5.88 Å². The lowest BCUT2D eigenvalue weighted by atomic mass is 10.0. The molecule has 0 fully saturated rings. The van der Waals surface area contributed by atoms with E-state index in [2.05, 4.69) is 42.0 Å². The van der Waals surface area contributed by atoms with Crippen LogP contribution in [0, 0.1) is 0 Å². The van der Waals surface area contributed by atoms with E-state index >= 15 is 0 Å². The van der Waals surface area contributed by atoms with Gasteiger partial charge in [0.1, 0.15) is 0 Å². The van der Waals surface area contributed by atoms with E-state index in [1.54, 1.807) is 6.20 Å². The molecule has 0 bridgehead atoms. The second-order valence-electron chi connectivity index (χ2n) is 5.30. The normalized spacial score (nSPS) is 13.4. The fourth-order valence-electron chi connectivity index (χ4n) is 2.03. The minimum atomic E-state index is -0.000341. The molecular weight excluding hydrogens is 294 g/mol. The molecule has 0 amide bonds. The van der Waals surface area contributed by atoms with Gasteiger partial charge in [0.2, 0.25) is 5.88 Å². The molecule has 0 aliphatic heterocycles. The Morgan fingerprint density at radius 3 is 2.73 bits per heavy atom. The minimum Gasteiger partial charge on any atom is -0.476 e. The highest BCUT2D eigenvalue weighted by molar-refractivity contribution is 7.80. The molecule has 1 aromatic carbocycles. The molecule has 22 heavy (non-hydrogen) atoms. The number of nitrogens with zero attached hydrogens (tertiary/aromatic N) is 1. The van der Waals surface area contributed by atoms with Crippen molar-refractivity contribution in [3.05, 3.63) is 54.2 Å². The number of benzene rings is 1. The number of pyridine rings is 1. The van der Waals surface area contributed by atoms with Gasteiger partial charge in [0, 0.05) is 30.5 Å². The first-order valence-electron chi connectivity index (χ1n) is 7.43. The molecule has 3 N–H and O–H groups in total. The van der Waals surface area contributed by atoms with E-state index in [1.807, 2.05) is 30.3 Å². The molecule has 1 aromatic heterocycles. The van der Waals surface area contributed by atoms with E-state index in [-0.39, 0.29) is 6.04 Å². The number of anilines is 1. The first-order valence-corrected chi connectivity index (χ1v) is 8.07. The predicted molar refractivity (Wildman–Crippen MR) is 94.9 cm³/mol. The van der Waals surface area contributed by atoms with E-state index in [1.165, 1.54) is 5.56 Å². The molecule has 1 heterocycles. The number of nitrogens with one attached hydrogen (secondary N) is 1. The molecule has 2 aromatic rings. The summed E-state index contributed by atoms with van der Waals surface area (Å²) < 4.78 is 5.89. The Bertz CT molecular complexity index is 565. The summed E-state index contributed by atoms with van der Waals surface area (Å²) in [6.07, 6.45) is 1.73. The SMILES string of the molecule is CC(COc1ncccc1NCC(N)CS)c1ccccc1. The van der Waals surface area contributed by atoms with Gasteiger partial charge in [0.25, 0.3) is 0 Å². The van der Waals surface area contributed by atoms with Crippen molar-refractivity contribution in [1.29, 1.82) is 0 Å². The molecule has 0 saturated heterocycles. The number of rotatable bonds is 8. The first kappa shape index (κ1) is 16.6. The number of aromatic nitrogens is 1. The van der Waals surface area contributed by atoms with Gasteiger partial charge in [0.05, 0.1) is 12.3 Å². The van der Waals surface area contributed by atoms with Gasteiger partial charge in [-0.1, -0.05) is 37.3 Å². The molecule has 2 rings (SSSR count). The Morgan fingerprint density at radius 1 is 1.23 bits per heavy atom. The molecule has 118 valence electrons. The van der Waals surface area contributed by atoms with Crippen LogP contribution in [0.1, 0.15) is 18.4 Å². The van der Waals surface area contributed by atoms with Crippen LogP contribution >= 0.6 is 12.6 Å². The van der Waals surface area contributed by atoms with E-state index in [0.29, 0.717) is 30.7 Å². The molecule has 2 atom stereocenters. The summed E-state index contributed by atoms with van der Waals surface area (Å²) in [5, 5.41) is 3.27. The Kier molecular flexibility index (Phi) is 6.55. The summed E-state index contributed by atoms with van der Waals surface area (Å²) in [6.45, 7) is 3.36. The number of hydrogen-bond donors (Lipinski definition) is 3. The van der Waals surface area contributed by atoms with Crippen molar-refractivity contribution in [3.63, 3.8) is 0 Å². The largest absolute Gasteiger partial charge is 0.476 e. The first-order chi connectivity index (χ1) is 10.7. The van der Waals surface area contributed by atoms with Crippen molar-refractivity contribution in [2.75, 3.05) is 24.2 Å². The van der Waals surface area contributed by atoms with Gasteiger partial charge >= 0.3 is 0 Å². The summed E-state index contributed by atoms with van der Waals surface area (Å²) in [5.74, 6) is 1.54. The number of nitrogens with two attached hydrogens (primary N) is 1. The fraction of sp³-hybridized carbons (Fsp3) is 0.353. The van der Waals surface area contributed by atoms with E-state index in [9.17, 15) is 0 Å². The van der Waals surface area contributed by atoms with Gasteiger partial charge in [-0.3, -0.25) is 0 Å². The Labute approximate surface area is 137 Å². The third kappa shape index (κ3) is 4.93. The van der Waals surface area contributed by atoms with Crippen LogP contribution in [0.15, 0.2) is 48.7 Å². The van der Waals surface area contributed by atoms with Gasteiger partial charge in [-0.25, -0.2) is 4.98 Å². The quantitative estimate of drug-likeness (QED) is 0.655. The average Bonchev–Trinajstić information content (AvgIpc) is 2.59. The molecular formula is C17H23N3OS. The Morgan fingerprint density at radius 2 is 2.00 bits per heavy atom. The highest BCUT2D eigenvalue weighted by Gasteiger charge is 2.10. The zero-order chi connectivity index (χ0) is 15.8. The highest BCUT2D eigenvalue weighted by atomic mass is 32.1. The molecule has 0 radical (unpaired) electrons. The van der Waals surface area contributed by atoms with Crippen molar-refractivity contribution in [2.45, 2.75) is 18.9 Å². The number of ether oxygens (including phenoxy) is 1. The molecule has 5 heteroatoms. The number of thiol groups is 1.